The highest BCUT2D eigenvalue weighted by Crippen LogP contribution is 2.37. The minimum atomic E-state index is -0.195. The summed E-state index contributed by atoms with van der Waals surface area (Å²) in [5.74, 6) is 1.84. The molecule has 5 rings (SSSR count). The van der Waals surface area contributed by atoms with Crippen LogP contribution in [0, 0.1) is 0 Å². The minimum Gasteiger partial charge on any atom is -0.355 e. The predicted octanol–water partition coefficient (Wildman–Crippen LogP) is 3.90. The summed E-state index contributed by atoms with van der Waals surface area (Å²) in [5, 5.41) is 6.97. The maximum absolute atomic E-state index is 12.5. The average Bonchev–Trinajstić information content (AvgIpc) is 3.31. The van der Waals surface area contributed by atoms with Crippen LogP contribution in [0.3, 0.4) is 0 Å². The summed E-state index contributed by atoms with van der Waals surface area (Å²) in [6.07, 6.45) is 1.76. The molecule has 2 aromatic heterocycles. The molecule has 1 saturated carbocycles. The number of imidazole rings is 1. The number of aryl methyl sites for hydroxylation is 1. The highest BCUT2D eigenvalue weighted by Gasteiger charge is 2.35. The minimum absolute atomic E-state index is 0.134. The summed E-state index contributed by atoms with van der Waals surface area (Å²) < 4.78 is 7.48. The highest BCUT2D eigenvalue weighted by atomic mass is 16.5. The van der Waals surface area contributed by atoms with Crippen LogP contribution in [0.5, 0.6) is 0 Å². The van der Waals surface area contributed by atoms with Gasteiger partial charge in [-0.25, -0.2) is 4.98 Å². The topological polar surface area (TPSA) is 73.0 Å². The van der Waals surface area contributed by atoms with Crippen LogP contribution in [0.15, 0.2) is 65.2 Å². The van der Waals surface area contributed by atoms with E-state index in [4.69, 9.17) is 9.51 Å². The number of carbonyl (C=O) groups is 1. The molecule has 1 aliphatic rings. The third-order valence-electron chi connectivity index (χ3n) is 5.46. The maximum Gasteiger partial charge on any atom is 0.273 e. The Kier molecular flexibility index (Phi) is 3.97. The summed E-state index contributed by atoms with van der Waals surface area (Å²) in [4.78, 5) is 17.3. The Labute approximate surface area is 162 Å². The summed E-state index contributed by atoms with van der Waals surface area (Å²) in [6.45, 7) is 0. The second-order valence-corrected chi connectivity index (χ2v) is 7.30. The SMILES string of the molecule is Cn1c(C2CC(NC(=O)c3cc(-c4ccccc4)on3)C2)nc2ccccc21. The van der Waals surface area contributed by atoms with E-state index in [9.17, 15) is 4.79 Å². The van der Waals surface area contributed by atoms with Crippen molar-refractivity contribution in [1.29, 1.82) is 0 Å². The highest BCUT2D eigenvalue weighted by molar-refractivity contribution is 5.93. The molecular weight excluding hydrogens is 352 g/mol. The predicted molar refractivity (Wildman–Crippen MR) is 106 cm³/mol. The van der Waals surface area contributed by atoms with Gasteiger partial charge >= 0.3 is 0 Å². The van der Waals surface area contributed by atoms with E-state index in [1.807, 2.05) is 48.5 Å². The first-order valence-electron chi connectivity index (χ1n) is 9.43. The van der Waals surface area contributed by atoms with Crippen molar-refractivity contribution in [2.45, 2.75) is 24.8 Å². The van der Waals surface area contributed by atoms with Gasteiger partial charge < -0.3 is 14.4 Å². The van der Waals surface area contributed by atoms with Crippen LogP contribution in [0.25, 0.3) is 22.4 Å². The second-order valence-electron chi connectivity index (χ2n) is 7.30. The number of rotatable bonds is 4. The van der Waals surface area contributed by atoms with E-state index in [-0.39, 0.29) is 11.9 Å². The number of benzene rings is 2. The van der Waals surface area contributed by atoms with Gasteiger partial charge in [0.2, 0.25) is 0 Å². The van der Waals surface area contributed by atoms with Crippen molar-refractivity contribution in [2.75, 3.05) is 0 Å². The number of nitrogens with one attached hydrogen (secondary N) is 1. The summed E-state index contributed by atoms with van der Waals surface area (Å²) in [5.41, 5.74) is 3.37. The Morgan fingerprint density at radius 3 is 2.64 bits per heavy atom. The zero-order valence-electron chi connectivity index (χ0n) is 15.5. The molecule has 1 fully saturated rings. The van der Waals surface area contributed by atoms with E-state index in [0.29, 0.717) is 17.4 Å². The molecule has 28 heavy (non-hydrogen) atoms. The molecule has 0 unspecified atom stereocenters. The normalized spacial score (nSPS) is 18.8. The molecule has 0 spiro atoms. The molecule has 1 amide bonds. The Bertz CT molecular complexity index is 1140. The number of amides is 1. The molecular formula is C22H20N4O2. The molecule has 6 heteroatoms. The number of hydrogen-bond donors (Lipinski definition) is 1. The molecule has 1 aliphatic carbocycles. The number of carbonyl (C=O) groups excluding carboxylic acids is 1. The van der Waals surface area contributed by atoms with Gasteiger partial charge in [-0.15, -0.1) is 0 Å². The van der Waals surface area contributed by atoms with Gasteiger partial charge in [-0.05, 0) is 25.0 Å². The van der Waals surface area contributed by atoms with Gasteiger partial charge in [-0.2, -0.15) is 0 Å². The number of aromatic nitrogens is 3. The summed E-state index contributed by atoms with van der Waals surface area (Å²) >= 11 is 0. The Hall–Kier alpha value is -3.41. The van der Waals surface area contributed by atoms with Gasteiger partial charge in [0.1, 0.15) is 5.82 Å². The third kappa shape index (κ3) is 2.87. The fraction of sp³-hybridized carbons (Fsp3) is 0.227. The summed E-state index contributed by atoms with van der Waals surface area (Å²) in [7, 11) is 2.05. The lowest BCUT2D eigenvalue weighted by Crippen LogP contribution is -2.44. The van der Waals surface area contributed by atoms with Gasteiger partial charge in [0, 0.05) is 30.6 Å². The van der Waals surface area contributed by atoms with Gasteiger partial charge in [0.15, 0.2) is 11.5 Å². The van der Waals surface area contributed by atoms with Crippen LogP contribution in [0.1, 0.15) is 35.1 Å². The van der Waals surface area contributed by atoms with Crippen LogP contribution in [-0.2, 0) is 7.05 Å². The fourth-order valence-corrected chi connectivity index (χ4v) is 3.86. The molecule has 1 N–H and O–H groups in total. The zero-order chi connectivity index (χ0) is 19.1. The van der Waals surface area contributed by atoms with Crippen LogP contribution in [-0.4, -0.2) is 26.7 Å². The largest absolute Gasteiger partial charge is 0.355 e. The van der Waals surface area contributed by atoms with Gasteiger partial charge in [-0.3, -0.25) is 4.79 Å². The lowest BCUT2D eigenvalue weighted by molar-refractivity contribution is 0.0898. The summed E-state index contributed by atoms with van der Waals surface area (Å²) in [6, 6.07) is 19.6. The first kappa shape index (κ1) is 16.7. The molecule has 2 heterocycles. The first-order valence-corrected chi connectivity index (χ1v) is 9.43. The van der Waals surface area contributed by atoms with Crippen LogP contribution < -0.4 is 5.32 Å². The Morgan fingerprint density at radius 2 is 1.86 bits per heavy atom. The smallest absolute Gasteiger partial charge is 0.273 e. The molecule has 2 aromatic carbocycles. The first-order chi connectivity index (χ1) is 13.7. The van der Waals surface area contributed by atoms with Crippen LogP contribution >= 0.6 is 0 Å². The number of fused-ring (bicyclic) bond motifs is 1. The van der Waals surface area contributed by atoms with Crippen molar-refractivity contribution in [1.82, 2.24) is 20.0 Å². The third-order valence-corrected chi connectivity index (χ3v) is 5.46. The standard InChI is InChI=1S/C22H20N4O2/c1-26-19-10-6-5-9-17(19)24-21(26)15-11-16(12-15)23-22(27)18-13-20(28-25-18)14-7-3-2-4-8-14/h2-10,13,15-16H,11-12H2,1H3,(H,23,27). The van der Waals surface area contributed by atoms with Crippen LogP contribution in [0.2, 0.25) is 0 Å². The van der Waals surface area contributed by atoms with Crippen LogP contribution in [0.4, 0.5) is 0 Å². The van der Waals surface area contributed by atoms with E-state index < -0.39 is 0 Å². The van der Waals surface area contributed by atoms with Crippen molar-refractivity contribution in [3.63, 3.8) is 0 Å². The molecule has 0 saturated heterocycles. The fourth-order valence-electron chi connectivity index (χ4n) is 3.86. The van der Waals surface area contributed by atoms with Crippen molar-refractivity contribution >= 4 is 16.9 Å². The monoisotopic (exact) mass is 372 g/mol. The van der Waals surface area contributed by atoms with E-state index in [1.165, 1.54) is 0 Å². The van der Waals surface area contributed by atoms with E-state index in [1.54, 1.807) is 6.07 Å². The Morgan fingerprint density at radius 1 is 1.11 bits per heavy atom. The maximum atomic E-state index is 12.5. The number of para-hydroxylation sites is 2. The van der Waals surface area contributed by atoms with Gasteiger partial charge in [-0.1, -0.05) is 47.6 Å². The van der Waals surface area contributed by atoms with E-state index in [0.717, 1.165) is 35.3 Å². The molecule has 4 aromatic rings. The lowest BCUT2D eigenvalue weighted by atomic mass is 9.79. The van der Waals surface area contributed by atoms with Crippen molar-refractivity contribution in [2.24, 2.45) is 7.05 Å². The van der Waals surface area contributed by atoms with Gasteiger partial charge in [0.25, 0.3) is 5.91 Å². The molecule has 0 bridgehead atoms. The van der Waals surface area contributed by atoms with Gasteiger partial charge in [0.05, 0.1) is 11.0 Å². The van der Waals surface area contributed by atoms with Crippen molar-refractivity contribution in [3.05, 3.63) is 72.2 Å². The van der Waals surface area contributed by atoms with Crippen molar-refractivity contribution in [3.8, 4) is 11.3 Å². The van der Waals surface area contributed by atoms with Crippen molar-refractivity contribution < 1.29 is 9.32 Å². The van der Waals surface area contributed by atoms with E-state index in [2.05, 4.69) is 28.2 Å². The number of hydrogen-bond acceptors (Lipinski definition) is 4. The molecule has 0 aliphatic heterocycles. The molecule has 0 radical (unpaired) electrons. The Balaban J connectivity index is 1.23. The lowest BCUT2D eigenvalue weighted by Gasteiger charge is -2.35. The molecule has 6 nitrogen and oxygen atoms in total. The number of nitrogens with zero attached hydrogens (tertiary/aromatic N) is 3. The molecule has 0 atom stereocenters. The van der Waals surface area contributed by atoms with E-state index >= 15 is 0 Å². The molecule has 140 valence electrons. The average molecular weight is 372 g/mol. The zero-order valence-corrected chi connectivity index (χ0v) is 15.5. The second kappa shape index (κ2) is 6.64. The quantitative estimate of drug-likeness (QED) is 0.590.